The van der Waals surface area contributed by atoms with Crippen molar-refractivity contribution in [2.24, 2.45) is 0 Å². The molecule has 4 amide bonds. The fraction of sp³-hybridized carbons (Fsp3) is 0.190. The van der Waals surface area contributed by atoms with Crippen LogP contribution in [0.1, 0.15) is 18.9 Å². The molecule has 1 saturated heterocycles. The molecule has 0 unspecified atom stereocenters. The minimum Gasteiger partial charge on any atom is -0.318 e. The van der Waals surface area contributed by atoms with E-state index in [1.54, 1.807) is 55.5 Å². The summed E-state index contributed by atoms with van der Waals surface area (Å²) in [5, 5.41) is 3.72. The van der Waals surface area contributed by atoms with E-state index < -0.39 is 29.9 Å². The number of fused-ring (bicyclic) bond motifs is 1. The first-order chi connectivity index (χ1) is 14.5. The first-order valence-electron chi connectivity index (χ1n) is 9.42. The highest BCUT2D eigenvalue weighted by atomic mass is 16.2. The largest absolute Gasteiger partial charge is 0.344 e. The van der Waals surface area contributed by atoms with Crippen LogP contribution in [0.5, 0.6) is 0 Å². The summed E-state index contributed by atoms with van der Waals surface area (Å²) < 4.78 is 1.13. The molecule has 1 aromatic heterocycles. The lowest BCUT2D eigenvalue weighted by molar-refractivity contribution is -0.139. The highest BCUT2D eigenvalue weighted by Crippen LogP contribution is 2.31. The van der Waals surface area contributed by atoms with E-state index in [0.717, 1.165) is 4.57 Å². The molecule has 0 radical (unpaired) electrons. The van der Waals surface area contributed by atoms with Gasteiger partial charge in [0.2, 0.25) is 0 Å². The number of hydrazine groups is 1. The zero-order valence-electron chi connectivity index (χ0n) is 16.2. The molecule has 1 fully saturated rings. The van der Waals surface area contributed by atoms with Crippen LogP contribution < -0.4 is 16.3 Å². The van der Waals surface area contributed by atoms with Gasteiger partial charge in [-0.2, -0.15) is 5.01 Å². The molecule has 1 aliphatic heterocycles. The van der Waals surface area contributed by atoms with Crippen LogP contribution in [0, 0.1) is 0 Å². The maximum absolute atomic E-state index is 13.0. The molecule has 0 bridgehead atoms. The summed E-state index contributed by atoms with van der Waals surface area (Å²) in [4.78, 5) is 54.7. The van der Waals surface area contributed by atoms with Crippen molar-refractivity contribution < 1.29 is 14.4 Å². The van der Waals surface area contributed by atoms with E-state index in [-0.39, 0.29) is 5.56 Å². The molecule has 2 aromatic carbocycles. The van der Waals surface area contributed by atoms with E-state index in [2.05, 4.69) is 15.7 Å². The van der Waals surface area contributed by atoms with Crippen LogP contribution in [0.25, 0.3) is 10.9 Å². The van der Waals surface area contributed by atoms with Gasteiger partial charge in [-0.25, -0.2) is 9.78 Å². The maximum atomic E-state index is 13.0. The monoisotopic (exact) mass is 405 g/mol. The standard InChI is InChI=1S/C21H19N5O4/c1-2-21(14-8-4-3-5-9-14)19(29)26(20(30)23-21)24-17(27)12-25-13-22-16-11-7-6-10-15(16)18(25)28/h3-11,13H,2,12H2,1H3,(H,23,30)(H,24,27)/t21-/m1/s1. The Morgan fingerprint density at radius 1 is 1.07 bits per heavy atom. The van der Waals surface area contributed by atoms with Gasteiger partial charge in [0.25, 0.3) is 17.4 Å². The zero-order valence-corrected chi connectivity index (χ0v) is 16.2. The lowest BCUT2D eigenvalue weighted by Gasteiger charge is -2.25. The molecular formula is C21H19N5O4. The third kappa shape index (κ3) is 3.10. The maximum Gasteiger partial charge on any atom is 0.344 e. The van der Waals surface area contributed by atoms with Gasteiger partial charge in [-0.1, -0.05) is 49.4 Å². The Morgan fingerprint density at radius 2 is 1.77 bits per heavy atom. The van der Waals surface area contributed by atoms with Crippen LogP contribution in [0.3, 0.4) is 0 Å². The number of hydrogen-bond donors (Lipinski definition) is 2. The first-order valence-corrected chi connectivity index (χ1v) is 9.42. The topological polar surface area (TPSA) is 113 Å². The molecule has 9 nitrogen and oxygen atoms in total. The quantitative estimate of drug-likeness (QED) is 0.621. The summed E-state index contributed by atoms with van der Waals surface area (Å²) in [7, 11) is 0. The number of carbonyl (C=O) groups excluding carboxylic acids is 3. The van der Waals surface area contributed by atoms with Crippen LogP contribution in [0.15, 0.2) is 65.7 Å². The number of amides is 4. The molecule has 3 aromatic rings. The van der Waals surface area contributed by atoms with Crippen molar-refractivity contribution in [3.63, 3.8) is 0 Å². The van der Waals surface area contributed by atoms with Crippen molar-refractivity contribution in [3.8, 4) is 0 Å². The second-order valence-corrected chi connectivity index (χ2v) is 6.93. The molecule has 2 heterocycles. The van der Waals surface area contributed by atoms with E-state index in [0.29, 0.717) is 27.9 Å². The number of nitrogens with zero attached hydrogens (tertiary/aromatic N) is 3. The molecule has 30 heavy (non-hydrogen) atoms. The third-order valence-electron chi connectivity index (χ3n) is 5.17. The number of aromatic nitrogens is 2. The molecule has 0 saturated carbocycles. The van der Waals surface area contributed by atoms with Crippen molar-refractivity contribution in [1.82, 2.24) is 25.3 Å². The van der Waals surface area contributed by atoms with Crippen LogP contribution in [-0.2, 0) is 21.7 Å². The van der Waals surface area contributed by atoms with Gasteiger partial charge < -0.3 is 5.32 Å². The second-order valence-electron chi connectivity index (χ2n) is 6.93. The minimum absolute atomic E-state index is 0.308. The summed E-state index contributed by atoms with van der Waals surface area (Å²) in [5.74, 6) is -1.28. The smallest absolute Gasteiger partial charge is 0.318 e. The van der Waals surface area contributed by atoms with E-state index in [1.807, 2.05) is 6.07 Å². The van der Waals surface area contributed by atoms with Gasteiger partial charge in [-0.05, 0) is 24.1 Å². The number of rotatable bonds is 5. The number of imide groups is 1. The van der Waals surface area contributed by atoms with Crippen molar-refractivity contribution in [2.75, 3.05) is 0 Å². The van der Waals surface area contributed by atoms with Crippen LogP contribution in [0.2, 0.25) is 0 Å². The highest BCUT2D eigenvalue weighted by Gasteiger charge is 2.52. The molecule has 0 aliphatic carbocycles. The average molecular weight is 405 g/mol. The number of carbonyl (C=O) groups is 3. The summed E-state index contributed by atoms with van der Waals surface area (Å²) in [6.45, 7) is 1.38. The summed E-state index contributed by atoms with van der Waals surface area (Å²) in [5.41, 5.74) is 1.80. The number of nitrogens with one attached hydrogen (secondary N) is 2. The highest BCUT2D eigenvalue weighted by molar-refractivity contribution is 6.08. The van der Waals surface area contributed by atoms with Gasteiger partial charge in [-0.3, -0.25) is 24.4 Å². The normalized spacial score (nSPS) is 18.5. The fourth-order valence-electron chi connectivity index (χ4n) is 3.57. The molecule has 0 spiro atoms. The van der Waals surface area contributed by atoms with Crippen LogP contribution in [0.4, 0.5) is 4.79 Å². The third-order valence-corrected chi connectivity index (χ3v) is 5.17. The summed E-state index contributed by atoms with van der Waals surface area (Å²) >= 11 is 0. The predicted molar refractivity (Wildman–Crippen MR) is 108 cm³/mol. The van der Waals surface area contributed by atoms with E-state index >= 15 is 0 Å². The fourth-order valence-corrected chi connectivity index (χ4v) is 3.57. The zero-order chi connectivity index (χ0) is 21.3. The lowest BCUT2D eigenvalue weighted by atomic mass is 9.87. The number of urea groups is 1. The summed E-state index contributed by atoms with van der Waals surface area (Å²) in [6, 6.07) is 14.9. The van der Waals surface area contributed by atoms with Gasteiger partial charge in [0, 0.05) is 0 Å². The first kappa shape index (κ1) is 19.3. The average Bonchev–Trinajstić information content (AvgIpc) is 3.01. The van der Waals surface area contributed by atoms with Crippen molar-refractivity contribution in [1.29, 1.82) is 0 Å². The van der Waals surface area contributed by atoms with E-state index in [9.17, 15) is 19.2 Å². The minimum atomic E-state index is -1.26. The Kier molecular flexibility index (Phi) is 4.78. The Labute approximate surface area is 171 Å². The Morgan fingerprint density at radius 3 is 2.50 bits per heavy atom. The van der Waals surface area contributed by atoms with Gasteiger partial charge in [-0.15, -0.1) is 0 Å². The van der Waals surface area contributed by atoms with Crippen molar-refractivity contribution >= 4 is 28.7 Å². The van der Waals surface area contributed by atoms with Crippen LogP contribution >= 0.6 is 0 Å². The molecule has 1 atom stereocenters. The molecule has 1 aliphatic rings. The lowest BCUT2D eigenvalue weighted by Crippen LogP contribution is -2.49. The SMILES string of the molecule is CC[C@]1(c2ccccc2)NC(=O)N(NC(=O)Cn2cnc3ccccc3c2=O)C1=O. The van der Waals surface area contributed by atoms with E-state index in [4.69, 9.17) is 0 Å². The van der Waals surface area contributed by atoms with Gasteiger partial charge in [0.15, 0.2) is 0 Å². The molecule has 2 N–H and O–H groups in total. The van der Waals surface area contributed by atoms with Crippen LogP contribution in [-0.4, -0.2) is 32.4 Å². The second kappa shape index (κ2) is 7.43. The predicted octanol–water partition coefficient (Wildman–Crippen LogP) is 1.28. The van der Waals surface area contributed by atoms with Crippen molar-refractivity contribution in [3.05, 3.63) is 76.8 Å². The Hall–Kier alpha value is -4.01. The Balaban J connectivity index is 1.55. The molecular weight excluding hydrogens is 386 g/mol. The van der Waals surface area contributed by atoms with Gasteiger partial charge in [0.05, 0.1) is 17.2 Å². The van der Waals surface area contributed by atoms with Gasteiger partial charge in [0.1, 0.15) is 12.1 Å². The Bertz CT molecular complexity index is 1210. The van der Waals surface area contributed by atoms with Crippen molar-refractivity contribution in [2.45, 2.75) is 25.4 Å². The molecule has 9 heteroatoms. The number of para-hydroxylation sites is 1. The molecule has 152 valence electrons. The molecule has 4 rings (SSSR count). The summed E-state index contributed by atoms with van der Waals surface area (Å²) in [6.07, 6.45) is 1.57. The number of hydrogen-bond acceptors (Lipinski definition) is 5. The number of benzene rings is 2. The van der Waals surface area contributed by atoms with Gasteiger partial charge >= 0.3 is 6.03 Å². The van der Waals surface area contributed by atoms with E-state index in [1.165, 1.54) is 6.33 Å².